The van der Waals surface area contributed by atoms with Crippen LogP contribution < -0.4 is 20.4 Å². The Labute approximate surface area is 200 Å². The zero-order chi connectivity index (χ0) is 24.0. The lowest BCUT2D eigenvalue weighted by Crippen LogP contribution is -2.43. The van der Waals surface area contributed by atoms with Gasteiger partial charge in [-0.25, -0.2) is 0 Å². The summed E-state index contributed by atoms with van der Waals surface area (Å²) in [5, 5.41) is 6.99. The van der Waals surface area contributed by atoms with Crippen molar-refractivity contribution >= 4 is 28.7 Å². The lowest BCUT2D eigenvalue weighted by Gasteiger charge is -2.39. The number of hydrogen-bond acceptors (Lipinski definition) is 4. The average molecular weight is 451 g/mol. The minimum absolute atomic E-state index is 0.0946. The summed E-state index contributed by atoms with van der Waals surface area (Å²) in [4.78, 5) is 16.8. The summed E-state index contributed by atoms with van der Waals surface area (Å²) < 4.78 is 0. The van der Waals surface area contributed by atoms with Gasteiger partial charge in [0.15, 0.2) is 0 Å². The molecule has 180 valence electrons. The van der Waals surface area contributed by atoms with E-state index in [0.29, 0.717) is 0 Å². The van der Waals surface area contributed by atoms with Crippen LogP contribution in [0.25, 0.3) is 0 Å². The quantitative estimate of drug-likeness (QED) is 0.424. The normalized spacial score (nSPS) is 18.4. The van der Waals surface area contributed by atoms with Crippen molar-refractivity contribution in [3.05, 3.63) is 48.0 Å². The topological polar surface area (TPSA) is 47.6 Å². The van der Waals surface area contributed by atoms with Crippen LogP contribution in [0.2, 0.25) is 0 Å². The number of fused-ring (bicyclic) bond motifs is 1. The Morgan fingerprint density at radius 3 is 2.42 bits per heavy atom. The smallest absolute Gasteiger partial charge is 0.224 e. The third-order valence-corrected chi connectivity index (χ3v) is 6.96. The molecule has 1 aliphatic rings. The van der Waals surface area contributed by atoms with E-state index in [-0.39, 0.29) is 18.0 Å². The van der Waals surface area contributed by atoms with Crippen LogP contribution in [-0.2, 0) is 4.79 Å². The molecule has 0 spiro atoms. The molecule has 1 aliphatic heterocycles. The molecule has 0 fully saturated rings. The van der Waals surface area contributed by atoms with E-state index in [0.717, 1.165) is 48.9 Å². The number of nitrogens with zero attached hydrogens (tertiary/aromatic N) is 2. The van der Waals surface area contributed by atoms with E-state index in [1.807, 2.05) is 18.0 Å². The van der Waals surface area contributed by atoms with Crippen LogP contribution in [0.15, 0.2) is 42.5 Å². The molecule has 2 aromatic carbocycles. The molecular weight excluding hydrogens is 408 g/mol. The second kappa shape index (κ2) is 11.4. The van der Waals surface area contributed by atoms with Crippen LogP contribution in [0.5, 0.6) is 0 Å². The van der Waals surface area contributed by atoms with Crippen molar-refractivity contribution in [1.29, 1.82) is 0 Å². The Kier molecular flexibility index (Phi) is 8.65. The van der Waals surface area contributed by atoms with Crippen molar-refractivity contribution in [1.82, 2.24) is 0 Å². The highest BCUT2D eigenvalue weighted by atomic mass is 16.2. The molecule has 0 radical (unpaired) electrons. The highest BCUT2D eigenvalue weighted by Crippen LogP contribution is 2.40. The van der Waals surface area contributed by atoms with Crippen molar-refractivity contribution in [2.24, 2.45) is 5.92 Å². The highest BCUT2D eigenvalue weighted by molar-refractivity contribution is 5.94. The molecule has 0 saturated heterocycles. The van der Waals surface area contributed by atoms with Gasteiger partial charge in [0.1, 0.15) is 0 Å². The molecule has 0 aromatic heterocycles. The maximum atomic E-state index is 12.3. The Bertz CT molecular complexity index is 911. The first kappa shape index (κ1) is 24.9. The van der Waals surface area contributed by atoms with Crippen molar-refractivity contribution in [3.63, 3.8) is 0 Å². The van der Waals surface area contributed by atoms with Crippen molar-refractivity contribution in [3.8, 4) is 0 Å². The van der Waals surface area contributed by atoms with Gasteiger partial charge in [0, 0.05) is 61.4 Å². The number of carbonyl (C=O) groups excluding carboxylic acids is 1. The highest BCUT2D eigenvalue weighted by Gasteiger charge is 2.32. The lowest BCUT2D eigenvalue weighted by atomic mass is 9.91. The summed E-state index contributed by atoms with van der Waals surface area (Å²) in [5.74, 6) is 0.855. The zero-order valence-corrected chi connectivity index (χ0v) is 21.3. The first-order chi connectivity index (χ1) is 15.9. The minimum Gasteiger partial charge on any atom is -0.388 e. The fourth-order valence-electron chi connectivity index (χ4n) is 4.83. The van der Waals surface area contributed by atoms with Crippen LogP contribution in [-0.4, -0.2) is 32.1 Å². The summed E-state index contributed by atoms with van der Waals surface area (Å²) >= 11 is 0. The molecule has 33 heavy (non-hydrogen) atoms. The van der Waals surface area contributed by atoms with Gasteiger partial charge < -0.3 is 20.4 Å². The molecule has 5 nitrogen and oxygen atoms in total. The first-order valence-electron chi connectivity index (χ1n) is 12.6. The molecule has 5 heteroatoms. The Balaban J connectivity index is 1.80. The van der Waals surface area contributed by atoms with Crippen molar-refractivity contribution in [2.75, 3.05) is 40.6 Å². The number of amides is 1. The number of nitrogens with one attached hydrogen (secondary N) is 2. The van der Waals surface area contributed by atoms with Gasteiger partial charge in [-0.2, -0.15) is 0 Å². The van der Waals surface area contributed by atoms with E-state index in [1.54, 1.807) is 6.92 Å². The fourth-order valence-corrected chi connectivity index (χ4v) is 4.83. The van der Waals surface area contributed by atoms with E-state index < -0.39 is 0 Å². The summed E-state index contributed by atoms with van der Waals surface area (Å²) in [6, 6.07) is 15.5. The maximum absolute atomic E-state index is 12.3. The van der Waals surface area contributed by atoms with Gasteiger partial charge in [-0.15, -0.1) is 0 Å². The molecular formula is C28H42N4O. The Morgan fingerprint density at radius 1 is 1.12 bits per heavy atom. The second-order valence-electron chi connectivity index (χ2n) is 9.53. The van der Waals surface area contributed by atoms with Crippen LogP contribution in [0.3, 0.4) is 0 Å². The Morgan fingerprint density at radius 2 is 1.82 bits per heavy atom. The SMILES string of the molecule is CCCN(CCC(C)CC)c1ccc(NC2CC(C)N(C(C)=O)c3ccc(NC)cc32)cc1. The van der Waals surface area contributed by atoms with Crippen LogP contribution in [0.1, 0.15) is 71.9 Å². The second-order valence-corrected chi connectivity index (χ2v) is 9.53. The van der Waals surface area contributed by atoms with Gasteiger partial charge in [0.25, 0.3) is 0 Å². The number of carbonyl (C=O) groups is 1. The van der Waals surface area contributed by atoms with Crippen LogP contribution in [0, 0.1) is 5.92 Å². The monoisotopic (exact) mass is 450 g/mol. The fraction of sp³-hybridized carbons (Fsp3) is 0.536. The molecule has 0 aliphatic carbocycles. The Hall–Kier alpha value is -2.69. The van der Waals surface area contributed by atoms with Crippen LogP contribution in [0.4, 0.5) is 22.7 Å². The lowest BCUT2D eigenvalue weighted by molar-refractivity contribution is -0.117. The molecule has 3 atom stereocenters. The average Bonchev–Trinajstić information content (AvgIpc) is 2.81. The summed E-state index contributed by atoms with van der Waals surface area (Å²) in [6.07, 6.45) is 4.49. The van der Waals surface area contributed by atoms with Gasteiger partial charge in [-0.05, 0) is 74.6 Å². The third kappa shape index (κ3) is 6.01. The van der Waals surface area contributed by atoms with E-state index in [2.05, 4.69) is 79.6 Å². The minimum atomic E-state index is 0.0946. The predicted octanol–water partition coefficient (Wildman–Crippen LogP) is 6.68. The number of hydrogen-bond donors (Lipinski definition) is 2. The number of rotatable bonds is 10. The van der Waals surface area contributed by atoms with Gasteiger partial charge in [0.05, 0.1) is 6.04 Å². The first-order valence-corrected chi connectivity index (χ1v) is 12.6. The molecule has 3 rings (SSSR count). The van der Waals surface area contributed by atoms with Gasteiger partial charge >= 0.3 is 0 Å². The molecule has 3 unspecified atom stereocenters. The molecule has 0 saturated carbocycles. The van der Waals surface area contributed by atoms with Gasteiger partial charge in [-0.1, -0.05) is 27.2 Å². The largest absolute Gasteiger partial charge is 0.388 e. The van der Waals surface area contributed by atoms with Crippen LogP contribution >= 0.6 is 0 Å². The van der Waals surface area contributed by atoms with E-state index in [9.17, 15) is 4.79 Å². The molecule has 2 aromatic rings. The maximum Gasteiger partial charge on any atom is 0.224 e. The van der Waals surface area contributed by atoms with Crippen molar-refractivity contribution in [2.45, 2.75) is 72.4 Å². The molecule has 1 heterocycles. The van der Waals surface area contributed by atoms with Crippen molar-refractivity contribution < 1.29 is 4.79 Å². The summed E-state index contributed by atoms with van der Waals surface area (Å²) in [5.41, 5.74) is 5.65. The third-order valence-electron chi connectivity index (χ3n) is 6.96. The zero-order valence-electron chi connectivity index (χ0n) is 21.3. The number of anilines is 4. The molecule has 1 amide bonds. The number of benzene rings is 2. The van der Waals surface area contributed by atoms with E-state index in [4.69, 9.17) is 0 Å². The predicted molar refractivity (Wildman–Crippen MR) is 143 cm³/mol. The molecule has 2 N–H and O–H groups in total. The van der Waals surface area contributed by atoms with Gasteiger partial charge in [0.2, 0.25) is 5.91 Å². The van der Waals surface area contributed by atoms with Gasteiger partial charge in [-0.3, -0.25) is 4.79 Å². The standard InChI is InChI=1S/C28H42N4O/c1-7-16-31(17-15-20(3)8-2)25-12-9-23(10-13-25)30-27-18-21(4)32(22(5)33)28-14-11-24(29-6)19-26(27)28/h9-14,19-21,27,29-30H,7-8,15-18H2,1-6H3. The van der Waals surface area contributed by atoms with E-state index >= 15 is 0 Å². The van der Waals surface area contributed by atoms with E-state index in [1.165, 1.54) is 24.1 Å². The summed E-state index contributed by atoms with van der Waals surface area (Å²) in [7, 11) is 1.93. The summed E-state index contributed by atoms with van der Waals surface area (Å²) in [6.45, 7) is 12.8. The molecule has 0 bridgehead atoms.